The predicted molar refractivity (Wildman–Crippen MR) is 70.8 cm³/mol. The van der Waals surface area contributed by atoms with Gasteiger partial charge in [0.15, 0.2) is 0 Å². The summed E-state index contributed by atoms with van der Waals surface area (Å²) in [7, 11) is 0. The van der Waals surface area contributed by atoms with E-state index >= 15 is 0 Å². The number of carbonyl (C=O) groups excluding carboxylic acids is 2. The maximum atomic E-state index is 12.0. The van der Waals surface area contributed by atoms with E-state index in [9.17, 15) is 14.4 Å². The highest BCUT2D eigenvalue weighted by atomic mass is 16.6. The van der Waals surface area contributed by atoms with E-state index in [-0.39, 0.29) is 13.0 Å². The van der Waals surface area contributed by atoms with Crippen LogP contribution in [0.5, 0.6) is 0 Å². The predicted octanol–water partition coefficient (Wildman–Crippen LogP) is 0.700. The fourth-order valence-corrected chi connectivity index (χ4v) is 1.16. The molecule has 0 aromatic rings. The topological polar surface area (TPSA) is 116 Å². The van der Waals surface area contributed by atoms with Crippen molar-refractivity contribution >= 4 is 17.9 Å². The van der Waals surface area contributed by atoms with Crippen molar-refractivity contribution < 1.29 is 29.0 Å². The first-order valence-electron chi connectivity index (χ1n) is 6.25. The molecule has 0 saturated carbocycles. The second-order valence-corrected chi connectivity index (χ2v) is 6.01. The van der Waals surface area contributed by atoms with Gasteiger partial charge in [0.05, 0.1) is 11.8 Å². The summed E-state index contributed by atoms with van der Waals surface area (Å²) < 4.78 is 9.92. The number of nitrogens with two attached hydrogens (primary N) is 1. The number of ether oxygens (including phenoxy) is 2. The van der Waals surface area contributed by atoms with Crippen LogP contribution in [0.4, 0.5) is 0 Å². The molecule has 0 fully saturated rings. The van der Waals surface area contributed by atoms with Gasteiger partial charge < -0.3 is 20.3 Å². The van der Waals surface area contributed by atoms with Gasteiger partial charge in [0, 0.05) is 0 Å². The number of hydrogen-bond acceptors (Lipinski definition) is 6. The Labute approximate surface area is 118 Å². The number of carboxylic acids is 1. The Kier molecular flexibility index (Phi) is 6.15. The molecule has 0 bridgehead atoms. The molecule has 0 rings (SSSR count). The third-order valence-corrected chi connectivity index (χ3v) is 2.52. The molecule has 0 aliphatic carbocycles. The smallest absolute Gasteiger partial charge is 0.324 e. The molecular formula is C13H23NO6. The Hall–Kier alpha value is -1.63. The van der Waals surface area contributed by atoms with Crippen LogP contribution < -0.4 is 5.73 Å². The van der Waals surface area contributed by atoms with Crippen LogP contribution in [0.25, 0.3) is 0 Å². The zero-order valence-corrected chi connectivity index (χ0v) is 12.6. The fraction of sp³-hybridized carbons (Fsp3) is 0.769. The van der Waals surface area contributed by atoms with Crippen molar-refractivity contribution in [3.05, 3.63) is 0 Å². The van der Waals surface area contributed by atoms with Gasteiger partial charge in [-0.3, -0.25) is 14.4 Å². The van der Waals surface area contributed by atoms with E-state index in [0.29, 0.717) is 0 Å². The van der Waals surface area contributed by atoms with Gasteiger partial charge in [0.1, 0.15) is 18.2 Å². The highest BCUT2D eigenvalue weighted by Gasteiger charge is 2.42. The second-order valence-electron chi connectivity index (χ2n) is 6.01. The third kappa shape index (κ3) is 6.01. The maximum Gasteiger partial charge on any atom is 0.324 e. The van der Waals surface area contributed by atoms with Gasteiger partial charge >= 0.3 is 17.9 Å². The second kappa shape index (κ2) is 6.69. The highest BCUT2D eigenvalue weighted by Crippen LogP contribution is 2.25. The van der Waals surface area contributed by atoms with E-state index in [0.717, 1.165) is 0 Å². The summed E-state index contributed by atoms with van der Waals surface area (Å²) >= 11 is 0. The third-order valence-electron chi connectivity index (χ3n) is 2.52. The lowest BCUT2D eigenvalue weighted by Crippen LogP contribution is -2.51. The van der Waals surface area contributed by atoms with Crippen molar-refractivity contribution in [2.45, 2.75) is 52.7 Å². The molecule has 7 nitrogen and oxygen atoms in total. The zero-order valence-electron chi connectivity index (χ0n) is 12.6. The molecule has 0 saturated heterocycles. The largest absolute Gasteiger partial charge is 0.481 e. The summed E-state index contributed by atoms with van der Waals surface area (Å²) in [4.78, 5) is 34.0. The molecule has 0 heterocycles. The van der Waals surface area contributed by atoms with Gasteiger partial charge in [-0.2, -0.15) is 0 Å². The Morgan fingerprint density at radius 2 is 1.65 bits per heavy atom. The van der Waals surface area contributed by atoms with Crippen molar-refractivity contribution in [3.63, 3.8) is 0 Å². The molecule has 1 atom stereocenters. The lowest BCUT2D eigenvalue weighted by molar-refractivity contribution is -0.172. The van der Waals surface area contributed by atoms with Crippen LogP contribution in [0.1, 0.15) is 41.0 Å². The zero-order chi connectivity index (χ0) is 16.1. The molecule has 0 unspecified atom stereocenters. The van der Waals surface area contributed by atoms with Crippen LogP contribution in [0.2, 0.25) is 0 Å². The molecule has 0 aliphatic heterocycles. The van der Waals surface area contributed by atoms with Gasteiger partial charge in [-0.25, -0.2) is 0 Å². The fourth-order valence-electron chi connectivity index (χ4n) is 1.16. The van der Waals surface area contributed by atoms with Gasteiger partial charge in [-0.05, 0) is 34.6 Å². The van der Waals surface area contributed by atoms with Crippen molar-refractivity contribution in [1.82, 2.24) is 0 Å². The van der Waals surface area contributed by atoms with E-state index < -0.39 is 35.0 Å². The van der Waals surface area contributed by atoms with E-state index in [2.05, 4.69) is 0 Å². The summed E-state index contributed by atoms with van der Waals surface area (Å²) in [6, 6.07) is -1.23. The maximum absolute atomic E-state index is 12.0. The summed E-state index contributed by atoms with van der Waals surface area (Å²) in [5.74, 6) is -2.53. The van der Waals surface area contributed by atoms with Crippen molar-refractivity contribution in [3.8, 4) is 0 Å². The Morgan fingerprint density at radius 1 is 1.15 bits per heavy atom. The molecule has 0 spiro atoms. The molecule has 0 aliphatic rings. The number of carboxylic acid groups (broad SMARTS) is 1. The minimum absolute atomic E-state index is 0.285. The molecule has 0 radical (unpaired) electrons. The Balaban J connectivity index is 4.63. The standard InChI is InChI=1S/C13H23NO6/c1-12(2,3)20-11(18)13(4,5)9(14)10(17)19-7-6-8(15)16/h9H,6-7,14H2,1-5H3,(H,15,16)/t9-/m1/s1. The minimum atomic E-state index is -1.27. The van der Waals surface area contributed by atoms with E-state index in [4.69, 9.17) is 20.3 Å². The number of rotatable bonds is 6. The van der Waals surface area contributed by atoms with Crippen LogP contribution in [0.15, 0.2) is 0 Å². The summed E-state index contributed by atoms with van der Waals surface area (Å²) in [5.41, 5.74) is 3.75. The number of esters is 2. The van der Waals surface area contributed by atoms with E-state index in [1.807, 2.05) is 0 Å². The Bertz CT molecular complexity index is 383. The van der Waals surface area contributed by atoms with Crippen LogP contribution in [-0.4, -0.2) is 41.3 Å². The first-order valence-corrected chi connectivity index (χ1v) is 6.25. The number of aliphatic carboxylic acids is 1. The molecule has 0 amide bonds. The molecule has 0 aromatic carbocycles. The van der Waals surface area contributed by atoms with Crippen molar-refractivity contribution in [2.24, 2.45) is 11.1 Å². The SMILES string of the molecule is CC(C)(C)OC(=O)C(C)(C)[C@H](N)C(=O)OCCC(=O)O. The first kappa shape index (κ1) is 18.4. The average Bonchev–Trinajstić information content (AvgIpc) is 2.24. The molecule has 0 aromatic heterocycles. The number of hydrogen-bond donors (Lipinski definition) is 2. The first-order chi connectivity index (χ1) is 8.88. The van der Waals surface area contributed by atoms with Crippen LogP contribution >= 0.6 is 0 Å². The van der Waals surface area contributed by atoms with Gasteiger partial charge in [-0.1, -0.05) is 0 Å². The van der Waals surface area contributed by atoms with Crippen molar-refractivity contribution in [2.75, 3.05) is 6.61 Å². The summed E-state index contributed by atoms with van der Waals surface area (Å²) in [5, 5.41) is 8.44. The molecule has 3 N–H and O–H groups in total. The van der Waals surface area contributed by atoms with Crippen LogP contribution in [0.3, 0.4) is 0 Å². The van der Waals surface area contributed by atoms with Gasteiger partial charge in [-0.15, -0.1) is 0 Å². The highest BCUT2D eigenvalue weighted by molar-refractivity contribution is 5.87. The molecule has 20 heavy (non-hydrogen) atoms. The van der Waals surface area contributed by atoms with Crippen LogP contribution in [-0.2, 0) is 23.9 Å². The Morgan fingerprint density at radius 3 is 2.05 bits per heavy atom. The normalized spacial score (nSPS) is 13.5. The quantitative estimate of drug-likeness (QED) is 0.691. The van der Waals surface area contributed by atoms with Gasteiger partial charge in [0.2, 0.25) is 0 Å². The molecule has 7 heteroatoms. The lowest BCUT2D eigenvalue weighted by Gasteiger charge is -2.31. The average molecular weight is 289 g/mol. The minimum Gasteiger partial charge on any atom is -0.481 e. The lowest BCUT2D eigenvalue weighted by atomic mass is 9.84. The van der Waals surface area contributed by atoms with Gasteiger partial charge in [0.25, 0.3) is 0 Å². The van der Waals surface area contributed by atoms with E-state index in [1.54, 1.807) is 20.8 Å². The molecule has 116 valence electrons. The van der Waals surface area contributed by atoms with Crippen molar-refractivity contribution in [1.29, 1.82) is 0 Å². The van der Waals surface area contributed by atoms with E-state index in [1.165, 1.54) is 13.8 Å². The summed E-state index contributed by atoms with van der Waals surface area (Å²) in [6.07, 6.45) is -0.314. The number of carbonyl (C=O) groups is 3. The monoisotopic (exact) mass is 289 g/mol. The summed E-state index contributed by atoms with van der Waals surface area (Å²) in [6.45, 7) is 7.79. The molecular weight excluding hydrogens is 266 g/mol. The van der Waals surface area contributed by atoms with Crippen LogP contribution in [0, 0.1) is 5.41 Å².